The number of esters is 1. The molecule has 2 saturated heterocycles. The van der Waals surface area contributed by atoms with Gasteiger partial charge < -0.3 is 20.3 Å². The van der Waals surface area contributed by atoms with Gasteiger partial charge in [0.1, 0.15) is 12.1 Å². The maximum Gasteiger partial charge on any atom is 0.328 e. The van der Waals surface area contributed by atoms with Gasteiger partial charge in [0.25, 0.3) is 0 Å². The van der Waals surface area contributed by atoms with Gasteiger partial charge >= 0.3 is 5.97 Å². The number of piperidine rings is 1. The number of rotatable bonds is 5. The second kappa shape index (κ2) is 8.98. The van der Waals surface area contributed by atoms with Crippen molar-refractivity contribution in [3.05, 3.63) is 0 Å². The number of carbonyl (C=O) groups excluding carboxylic acids is 3. The van der Waals surface area contributed by atoms with E-state index >= 15 is 0 Å². The number of hydrogen-bond acceptors (Lipinski definition) is 7. The summed E-state index contributed by atoms with van der Waals surface area (Å²) in [5.74, 6) is -1.42. The van der Waals surface area contributed by atoms with Crippen molar-refractivity contribution >= 4 is 27.8 Å². The summed E-state index contributed by atoms with van der Waals surface area (Å²) in [5, 5.41) is 5.67. The first kappa shape index (κ1) is 21.6. The molecule has 0 aromatic carbocycles. The first-order chi connectivity index (χ1) is 12.6. The molecular weight excluding hydrogens is 376 g/mol. The smallest absolute Gasteiger partial charge is 0.328 e. The Morgan fingerprint density at radius 1 is 1.19 bits per heavy atom. The molecule has 0 aromatic rings. The van der Waals surface area contributed by atoms with Crippen LogP contribution in [0.1, 0.15) is 19.8 Å². The largest absolute Gasteiger partial charge is 0.467 e. The normalized spacial score (nSPS) is 23.5. The fourth-order valence-corrected chi connectivity index (χ4v) is 4.49. The van der Waals surface area contributed by atoms with E-state index in [9.17, 15) is 22.8 Å². The molecule has 0 saturated carbocycles. The highest BCUT2D eigenvalue weighted by Gasteiger charge is 2.40. The number of nitrogens with one attached hydrogen (secondary N) is 2. The number of methoxy groups -OCH3 is 1. The van der Waals surface area contributed by atoms with Crippen LogP contribution in [0.2, 0.25) is 0 Å². The minimum absolute atomic E-state index is 0.0322. The van der Waals surface area contributed by atoms with Gasteiger partial charge in [-0.25, -0.2) is 13.2 Å². The molecule has 2 aliphatic heterocycles. The number of piperazine rings is 1. The Bertz CT molecular complexity index is 676. The minimum Gasteiger partial charge on any atom is -0.467 e. The summed E-state index contributed by atoms with van der Waals surface area (Å²) >= 11 is 0. The van der Waals surface area contributed by atoms with Crippen LogP contribution in [0.5, 0.6) is 0 Å². The molecule has 0 bridgehead atoms. The van der Waals surface area contributed by atoms with Crippen LogP contribution in [0.15, 0.2) is 0 Å². The zero-order chi connectivity index (χ0) is 20.2. The van der Waals surface area contributed by atoms with Crippen LogP contribution in [0, 0.1) is 5.92 Å². The lowest BCUT2D eigenvalue weighted by molar-refractivity contribution is -0.146. The van der Waals surface area contributed by atoms with Crippen LogP contribution in [0.3, 0.4) is 0 Å². The summed E-state index contributed by atoms with van der Waals surface area (Å²) in [6, 6.07) is -1.99. The second-order valence-corrected chi connectivity index (χ2v) is 8.89. The van der Waals surface area contributed by atoms with Crippen molar-refractivity contribution in [1.82, 2.24) is 19.8 Å². The maximum atomic E-state index is 12.8. The fraction of sp³-hybridized carbons (Fsp3) is 0.812. The number of ether oxygens (including phenoxy) is 1. The van der Waals surface area contributed by atoms with E-state index in [1.165, 1.54) is 14.0 Å². The Kier molecular flexibility index (Phi) is 7.18. The molecule has 11 heteroatoms. The van der Waals surface area contributed by atoms with Gasteiger partial charge in [-0.05, 0) is 32.9 Å². The Morgan fingerprint density at radius 3 is 2.37 bits per heavy atom. The van der Waals surface area contributed by atoms with E-state index in [-0.39, 0.29) is 31.5 Å². The fourth-order valence-electron chi connectivity index (χ4n) is 3.45. The van der Waals surface area contributed by atoms with E-state index in [1.54, 1.807) is 4.90 Å². The van der Waals surface area contributed by atoms with E-state index in [2.05, 4.69) is 15.4 Å². The topological polar surface area (TPSA) is 125 Å². The molecule has 2 aliphatic rings. The van der Waals surface area contributed by atoms with Gasteiger partial charge in [-0.2, -0.15) is 4.31 Å². The standard InChI is InChI=1S/C16H28N4O6S/c1-11(16(23)26-2)18-14(21)13-10-19(8-9-20(13)27(3,24)25)15(22)12-4-6-17-7-5-12/h11-13,17H,4-10H2,1-3H3,(H,18,21). The third-order valence-corrected chi connectivity index (χ3v) is 6.26. The average molecular weight is 404 g/mol. The Labute approximate surface area is 159 Å². The molecule has 0 radical (unpaired) electrons. The first-order valence-electron chi connectivity index (χ1n) is 8.99. The molecule has 27 heavy (non-hydrogen) atoms. The zero-order valence-electron chi connectivity index (χ0n) is 15.9. The summed E-state index contributed by atoms with van der Waals surface area (Å²) in [6.45, 7) is 3.23. The molecular formula is C16H28N4O6S. The van der Waals surface area contributed by atoms with E-state index < -0.39 is 34.0 Å². The van der Waals surface area contributed by atoms with Crippen LogP contribution < -0.4 is 10.6 Å². The van der Waals surface area contributed by atoms with E-state index in [0.717, 1.165) is 36.5 Å². The van der Waals surface area contributed by atoms with Crippen LogP contribution in [-0.2, 0) is 29.1 Å². The highest BCUT2D eigenvalue weighted by atomic mass is 32.2. The SMILES string of the molecule is COC(=O)C(C)NC(=O)C1CN(C(=O)C2CCNCC2)CCN1S(C)(=O)=O. The molecule has 2 fully saturated rings. The van der Waals surface area contributed by atoms with Gasteiger partial charge in [-0.15, -0.1) is 0 Å². The van der Waals surface area contributed by atoms with Gasteiger partial charge in [-0.1, -0.05) is 0 Å². The Balaban J connectivity index is 2.13. The Morgan fingerprint density at radius 2 is 1.81 bits per heavy atom. The van der Waals surface area contributed by atoms with Gasteiger partial charge in [0.05, 0.1) is 13.4 Å². The lowest BCUT2D eigenvalue weighted by Crippen LogP contribution is -2.63. The highest BCUT2D eigenvalue weighted by molar-refractivity contribution is 7.88. The van der Waals surface area contributed by atoms with Gasteiger partial charge in [0.15, 0.2) is 0 Å². The van der Waals surface area contributed by atoms with E-state index in [0.29, 0.717) is 0 Å². The third kappa shape index (κ3) is 5.39. The molecule has 2 rings (SSSR count). The number of hydrogen-bond donors (Lipinski definition) is 2. The Hall–Kier alpha value is -1.72. The quantitative estimate of drug-likeness (QED) is 0.515. The van der Waals surface area contributed by atoms with Crippen molar-refractivity contribution in [3.8, 4) is 0 Å². The molecule has 0 aromatic heterocycles. The second-order valence-electron chi connectivity index (χ2n) is 6.95. The molecule has 154 valence electrons. The summed E-state index contributed by atoms with van der Waals surface area (Å²) in [6.07, 6.45) is 2.48. The molecule has 2 N–H and O–H groups in total. The molecule has 2 heterocycles. The van der Waals surface area contributed by atoms with Crippen molar-refractivity contribution in [3.63, 3.8) is 0 Å². The molecule has 0 spiro atoms. The predicted octanol–water partition coefficient (Wildman–Crippen LogP) is -1.86. The van der Waals surface area contributed by atoms with E-state index in [1.807, 2.05) is 0 Å². The van der Waals surface area contributed by atoms with Crippen molar-refractivity contribution in [2.45, 2.75) is 31.8 Å². The number of nitrogens with zero attached hydrogens (tertiary/aromatic N) is 2. The lowest BCUT2D eigenvalue weighted by Gasteiger charge is -2.40. The van der Waals surface area contributed by atoms with Gasteiger partial charge in [0, 0.05) is 25.6 Å². The summed E-state index contributed by atoms with van der Waals surface area (Å²) in [4.78, 5) is 38.5. The van der Waals surface area contributed by atoms with Gasteiger partial charge in [0.2, 0.25) is 21.8 Å². The van der Waals surface area contributed by atoms with Crippen molar-refractivity contribution < 1.29 is 27.5 Å². The first-order valence-corrected chi connectivity index (χ1v) is 10.8. The molecule has 10 nitrogen and oxygen atoms in total. The van der Waals surface area contributed by atoms with E-state index in [4.69, 9.17) is 0 Å². The molecule has 2 unspecified atom stereocenters. The highest BCUT2D eigenvalue weighted by Crippen LogP contribution is 2.20. The van der Waals surface area contributed by atoms with Crippen LogP contribution in [-0.4, -0.2) is 93.6 Å². The minimum atomic E-state index is -3.65. The maximum absolute atomic E-state index is 12.8. The van der Waals surface area contributed by atoms with Gasteiger partial charge in [-0.3, -0.25) is 9.59 Å². The number of amides is 2. The van der Waals surface area contributed by atoms with Crippen molar-refractivity contribution in [2.24, 2.45) is 5.92 Å². The van der Waals surface area contributed by atoms with Crippen LogP contribution in [0.25, 0.3) is 0 Å². The molecule has 2 amide bonds. The molecule has 2 atom stereocenters. The lowest BCUT2D eigenvalue weighted by atomic mass is 9.96. The number of sulfonamides is 1. The summed E-state index contributed by atoms with van der Waals surface area (Å²) in [7, 11) is -2.45. The zero-order valence-corrected chi connectivity index (χ0v) is 16.8. The average Bonchev–Trinajstić information content (AvgIpc) is 2.66. The van der Waals surface area contributed by atoms with Crippen molar-refractivity contribution in [1.29, 1.82) is 0 Å². The summed E-state index contributed by atoms with van der Waals surface area (Å²) in [5.41, 5.74) is 0. The number of carbonyl (C=O) groups is 3. The monoisotopic (exact) mass is 404 g/mol. The predicted molar refractivity (Wildman–Crippen MR) is 97.1 cm³/mol. The molecule has 0 aliphatic carbocycles. The van der Waals surface area contributed by atoms with Crippen LogP contribution >= 0.6 is 0 Å². The summed E-state index contributed by atoms with van der Waals surface area (Å²) < 4.78 is 29.9. The van der Waals surface area contributed by atoms with Crippen molar-refractivity contribution in [2.75, 3.05) is 46.1 Å². The third-order valence-electron chi connectivity index (χ3n) is 4.97. The van der Waals surface area contributed by atoms with Crippen LogP contribution in [0.4, 0.5) is 0 Å².